The summed E-state index contributed by atoms with van der Waals surface area (Å²) in [6, 6.07) is 11.4. The van der Waals surface area contributed by atoms with Crippen LogP contribution in [0.4, 0.5) is 13.2 Å². The molecular weight excluding hydrogens is 385 g/mol. The first-order valence-corrected chi connectivity index (χ1v) is 9.61. The number of hydrogen-bond acceptors (Lipinski definition) is 3. The van der Waals surface area contributed by atoms with Gasteiger partial charge in [0.1, 0.15) is 18.0 Å². The Morgan fingerprint density at radius 1 is 1.10 bits per heavy atom. The van der Waals surface area contributed by atoms with Crippen molar-refractivity contribution in [1.82, 2.24) is 4.90 Å². The van der Waals surface area contributed by atoms with Gasteiger partial charge in [0.05, 0.1) is 32.8 Å². The van der Waals surface area contributed by atoms with E-state index in [-0.39, 0.29) is 11.7 Å². The second-order valence-electron chi connectivity index (χ2n) is 7.33. The molecule has 154 valence electrons. The molecule has 2 aromatic carbocycles. The molecule has 1 fully saturated rings. The van der Waals surface area contributed by atoms with Gasteiger partial charge in [0, 0.05) is 17.5 Å². The van der Waals surface area contributed by atoms with Crippen LogP contribution in [0.5, 0.6) is 11.5 Å². The summed E-state index contributed by atoms with van der Waals surface area (Å²) in [6.45, 7) is 4.53. The van der Waals surface area contributed by atoms with E-state index in [0.29, 0.717) is 18.7 Å². The normalized spacial score (nSPS) is 17.0. The van der Waals surface area contributed by atoms with Crippen molar-refractivity contribution < 1.29 is 32.3 Å². The number of rotatable bonds is 4. The topological polar surface area (TPSA) is 43.2 Å². The SMILES string of the molecule is O=C(c1ccc(OC(F)(F)F)cc1)N1CC[NH+](Cc2ccc3c(c2)CCO3)CC1. The second kappa shape index (κ2) is 7.94. The van der Waals surface area contributed by atoms with Gasteiger partial charge in [-0.3, -0.25) is 4.79 Å². The molecule has 2 heterocycles. The summed E-state index contributed by atoms with van der Waals surface area (Å²) in [5, 5.41) is 0. The number of hydrogen-bond donors (Lipinski definition) is 1. The van der Waals surface area contributed by atoms with Crippen LogP contribution in [0.2, 0.25) is 0 Å². The monoisotopic (exact) mass is 407 g/mol. The number of halogens is 3. The van der Waals surface area contributed by atoms with Crippen molar-refractivity contribution in [3.63, 3.8) is 0 Å². The summed E-state index contributed by atoms with van der Waals surface area (Å²) in [4.78, 5) is 15.8. The molecule has 0 atom stereocenters. The van der Waals surface area contributed by atoms with E-state index >= 15 is 0 Å². The van der Waals surface area contributed by atoms with Crippen molar-refractivity contribution in [3.05, 3.63) is 59.2 Å². The van der Waals surface area contributed by atoms with Crippen molar-refractivity contribution in [3.8, 4) is 11.5 Å². The van der Waals surface area contributed by atoms with E-state index in [4.69, 9.17) is 4.74 Å². The quantitative estimate of drug-likeness (QED) is 0.844. The van der Waals surface area contributed by atoms with Crippen molar-refractivity contribution in [2.45, 2.75) is 19.3 Å². The summed E-state index contributed by atoms with van der Waals surface area (Å²) >= 11 is 0. The predicted octanol–water partition coefficient (Wildman–Crippen LogP) is 2.06. The molecule has 2 aromatic rings. The maximum absolute atomic E-state index is 12.6. The first-order valence-electron chi connectivity index (χ1n) is 9.61. The fourth-order valence-corrected chi connectivity index (χ4v) is 3.82. The average Bonchev–Trinajstić information content (AvgIpc) is 3.15. The zero-order valence-electron chi connectivity index (χ0n) is 15.8. The number of nitrogens with zero attached hydrogens (tertiary/aromatic N) is 1. The van der Waals surface area contributed by atoms with Gasteiger partial charge in [0.15, 0.2) is 0 Å². The zero-order valence-corrected chi connectivity index (χ0v) is 15.8. The van der Waals surface area contributed by atoms with E-state index in [0.717, 1.165) is 38.4 Å². The van der Waals surface area contributed by atoms with Gasteiger partial charge in [-0.2, -0.15) is 0 Å². The van der Waals surface area contributed by atoms with E-state index in [1.165, 1.54) is 40.3 Å². The Bertz CT molecular complexity index is 876. The number of carbonyl (C=O) groups excluding carboxylic acids is 1. The average molecular weight is 407 g/mol. The molecule has 0 saturated carbocycles. The Kier molecular flexibility index (Phi) is 5.36. The summed E-state index contributed by atoms with van der Waals surface area (Å²) in [6.07, 6.45) is -3.79. The van der Waals surface area contributed by atoms with Crippen LogP contribution in [-0.4, -0.2) is 50.0 Å². The molecule has 1 amide bonds. The molecule has 4 rings (SSSR count). The van der Waals surface area contributed by atoms with Crippen molar-refractivity contribution >= 4 is 5.91 Å². The third-order valence-corrected chi connectivity index (χ3v) is 5.30. The summed E-state index contributed by atoms with van der Waals surface area (Å²) in [5.74, 6) is 0.478. The van der Waals surface area contributed by atoms with Crippen molar-refractivity contribution in [2.24, 2.45) is 0 Å². The number of carbonyl (C=O) groups is 1. The first kappa shape index (κ1) is 19.6. The number of fused-ring (bicyclic) bond motifs is 1. The number of amides is 1. The highest BCUT2D eigenvalue weighted by molar-refractivity contribution is 5.94. The minimum atomic E-state index is -4.74. The Labute approximate surface area is 166 Å². The summed E-state index contributed by atoms with van der Waals surface area (Å²) in [7, 11) is 0. The maximum atomic E-state index is 12.6. The van der Waals surface area contributed by atoms with Crippen LogP contribution in [0.25, 0.3) is 0 Å². The van der Waals surface area contributed by atoms with Gasteiger partial charge in [-0.1, -0.05) is 0 Å². The Hall–Kier alpha value is -2.74. The highest BCUT2D eigenvalue weighted by atomic mass is 19.4. The molecule has 0 aliphatic carbocycles. The molecule has 0 radical (unpaired) electrons. The van der Waals surface area contributed by atoms with E-state index in [1.807, 2.05) is 6.07 Å². The lowest BCUT2D eigenvalue weighted by molar-refractivity contribution is -0.917. The standard InChI is InChI=1S/C21H21F3N2O3/c22-21(23,24)29-18-4-2-16(3-5-18)20(27)26-10-8-25(9-11-26)14-15-1-6-19-17(13-15)7-12-28-19/h1-6,13H,7-12,14H2/p+1. The molecule has 2 aliphatic heterocycles. The first-order chi connectivity index (χ1) is 13.9. The smallest absolute Gasteiger partial charge is 0.493 e. The summed E-state index contributed by atoms with van der Waals surface area (Å²) < 4.78 is 46.1. The fraction of sp³-hybridized carbons (Fsp3) is 0.381. The van der Waals surface area contributed by atoms with E-state index < -0.39 is 6.36 Å². The van der Waals surface area contributed by atoms with E-state index in [9.17, 15) is 18.0 Å². The minimum absolute atomic E-state index is 0.169. The van der Waals surface area contributed by atoms with Crippen LogP contribution < -0.4 is 14.4 Å². The summed E-state index contributed by atoms with van der Waals surface area (Å²) in [5.41, 5.74) is 2.89. The maximum Gasteiger partial charge on any atom is 0.573 e. The van der Waals surface area contributed by atoms with Crippen LogP contribution >= 0.6 is 0 Å². The van der Waals surface area contributed by atoms with Crippen LogP contribution in [0.3, 0.4) is 0 Å². The molecule has 0 unspecified atom stereocenters. The Morgan fingerprint density at radius 3 is 2.52 bits per heavy atom. The number of piperazine rings is 1. The molecule has 0 bridgehead atoms. The van der Waals surface area contributed by atoms with Crippen molar-refractivity contribution in [2.75, 3.05) is 32.8 Å². The largest absolute Gasteiger partial charge is 0.573 e. The predicted molar refractivity (Wildman–Crippen MR) is 99.1 cm³/mol. The van der Waals surface area contributed by atoms with Gasteiger partial charge in [-0.15, -0.1) is 13.2 Å². The Balaban J connectivity index is 1.30. The molecule has 0 aromatic heterocycles. The van der Waals surface area contributed by atoms with Crippen molar-refractivity contribution in [1.29, 1.82) is 0 Å². The Morgan fingerprint density at radius 2 is 1.83 bits per heavy atom. The zero-order chi connectivity index (χ0) is 20.4. The minimum Gasteiger partial charge on any atom is -0.493 e. The number of ether oxygens (including phenoxy) is 2. The van der Waals surface area contributed by atoms with Gasteiger partial charge in [0.25, 0.3) is 5.91 Å². The fourth-order valence-electron chi connectivity index (χ4n) is 3.82. The molecular formula is C21H22F3N2O3+. The van der Waals surface area contributed by atoms with Gasteiger partial charge in [0.2, 0.25) is 0 Å². The highest BCUT2D eigenvalue weighted by Gasteiger charge is 2.31. The molecule has 29 heavy (non-hydrogen) atoms. The third-order valence-electron chi connectivity index (χ3n) is 5.30. The lowest BCUT2D eigenvalue weighted by Crippen LogP contribution is -3.13. The second-order valence-corrected chi connectivity index (χ2v) is 7.33. The molecule has 1 N–H and O–H groups in total. The van der Waals surface area contributed by atoms with E-state index in [1.54, 1.807) is 4.90 Å². The highest BCUT2D eigenvalue weighted by Crippen LogP contribution is 2.26. The number of nitrogens with one attached hydrogen (secondary N) is 1. The molecule has 5 nitrogen and oxygen atoms in total. The van der Waals surface area contributed by atoms with Gasteiger partial charge >= 0.3 is 6.36 Å². The molecule has 2 aliphatic rings. The molecule has 1 saturated heterocycles. The van der Waals surface area contributed by atoms with Crippen LogP contribution in [-0.2, 0) is 13.0 Å². The lowest BCUT2D eigenvalue weighted by atomic mass is 10.1. The van der Waals surface area contributed by atoms with Gasteiger partial charge in [-0.05, 0) is 48.0 Å². The van der Waals surface area contributed by atoms with Crippen LogP contribution in [0.1, 0.15) is 21.5 Å². The van der Waals surface area contributed by atoms with Crippen LogP contribution in [0.15, 0.2) is 42.5 Å². The third kappa shape index (κ3) is 4.82. The molecule has 8 heteroatoms. The molecule has 0 spiro atoms. The number of alkyl halides is 3. The number of benzene rings is 2. The number of quaternary nitrogens is 1. The van der Waals surface area contributed by atoms with Gasteiger partial charge < -0.3 is 19.3 Å². The van der Waals surface area contributed by atoms with Gasteiger partial charge in [-0.25, -0.2) is 0 Å². The lowest BCUT2D eigenvalue weighted by Gasteiger charge is -2.32. The van der Waals surface area contributed by atoms with Crippen LogP contribution in [0, 0.1) is 0 Å². The van der Waals surface area contributed by atoms with E-state index in [2.05, 4.69) is 16.9 Å².